The lowest BCUT2D eigenvalue weighted by Gasteiger charge is -2.08. The van der Waals surface area contributed by atoms with E-state index in [1.807, 2.05) is 0 Å². The Kier molecular flexibility index (Phi) is 5.62. The average molecular weight is 345 g/mol. The van der Waals surface area contributed by atoms with Gasteiger partial charge < -0.3 is 10.1 Å². The molecule has 1 heterocycles. The van der Waals surface area contributed by atoms with E-state index in [0.29, 0.717) is 11.4 Å². The highest BCUT2D eigenvalue weighted by Gasteiger charge is 2.17. The number of carbonyl (C=O) groups excluding carboxylic acids is 1. The Morgan fingerprint density at radius 3 is 2.86 bits per heavy atom. The molecule has 8 heteroatoms. The highest BCUT2D eigenvalue weighted by atomic mass is 32.2. The molecule has 0 bridgehead atoms. The fourth-order valence-corrected chi connectivity index (χ4v) is 3.18. The number of benzene rings is 1. The Bertz CT molecular complexity index is 688. The van der Waals surface area contributed by atoms with Crippen molar-refractivity contribution < 1.29 is 22.5 Å². The van der Waals surface area contributed by atoms with E-state index in [1.54, 1.807) is 30.5 Å². The molecule has 118 valence electrons. The third-order valence-corrected chi connectivity index (χ3v) is 4.24. The molecule has 0 aliphatic rings. The van der Waals surface area contributed by atoms with Crippen LogP contribution in [0, 0.1) is 0 Å². The number of alkyl halides is 2. The van der Waals surface area contributed by atoms with E-state index in [-0.39, 0.29) is 10.6 Å². The maximum absolute atomic E-state index is 12.3. The van der Waals surface area contributed by atoms with Gasteiger partial charge in [0.25, 0.3) is 5.91 Å². The summed E-state index contributed by atoms with van der Waals surface area (Å²) in [4.78, 5) is 12.2. The molecule has 0 aliphatic carbocycles. The molecule has 1 atom stereocenters. The number of rotatable bonds is 6. The first-order valence-corrected chi connectivity index (χ1v) is 8.79. The van der Waals surface area contributed by atoms with Crippen LogP contribution in [0.4, 0.5) is 14.5 Å². The maximum atomic E-state index is 12.3. The summed E-state index contributed by atoms with van der Waals surface area (Å²) in [5.74, 6) is -0.300. The summed E-state index contributed by atoms with van der Waals surface area (Å²) < 4.78 is 40.0. The standard InChI is InChI=1S/C14H13F2NO3S2/c1-22(19)8-9-3-2-4-10(7-9)17-13(18)12-11(5-6-21-12)20-14(15)16/h2-7,14H,8H2,1H3,(H,17,18). The van der Waals surface area contributed by atoms with Crippen molar-refractivity contribution in [3.8, 4) is 5.75 Å². The molecule has 1 amide bonds. The van der Waals surface area contributed by atoms with Crippen molar-refractivity contribution in [2.45, 2.75) is 12.4 Å². The molecule has 1 aromatic carbocycles. The van der Waals surface area contributed by atoms with Crippen LogP contribution in [0.1, 0.15) is 15.2 Å². The van der Waals surface area contributed by atoms with Crippen molar-refractivity contribution in [2.24, 2.45) is 0 Å². The number of ether oxygens (including phenoxy) is 1. The van der Waals surface area contributed by atoms with Crippen LogP contribution in [-0.2, 0) is 16.6 Å². The minimum Gasteiger partial charge on any atom is -0.433 e. The molecule has 0 saturated heterocycles. The zero-order valence-corrected chi connectivity index (χ0v) is 13.2. The summed E-state index contributed by atoms with van der Waals surface area (Å²) in [5.41, 5.74) is 1.32. The van der Waals surface area contributed by atoms with Crippen molar-refractivity contribution in [3.63, 3.8) is 0 Å². The molecule has 0 spiro atoms. The van der Waals surface area contributed by atoms with E-state index in [1.165, 1.54) is 11.4 Å². The van der Waals surface area contributed by atoms with Crippen LogP contribution >= 0.6 is 11.3 Å². The van der Waals surface area contributed by atoms with Gasteiger partial charge in [-0.15, -0.1) is 11.3 Å². The number of carbonyl (C=O) groups is 1. The summed E-state index contributed by atoms with van der Waals surface area (Å²) in [7, 11) is -0.991. The Labute approximate surface area is 132 Å². The quantitative estimate of drug-likeness (QED) is 0.872. The third-order valence-electron chi connectivity index (χ3n) is 2.61. The molecular formula is C14H13F2NO3S2. The molecule has 22 heavy (non-hydrogen) atoms. The van der Waals surface area contributed by atoms with Crippen molar-refractivity contribution in [1.29, 1.82) is 0 Å². The highest BCUT2D eigenvalue weighted by Crippen LogP contribution is 2.27. The van der Waals surface area contributed by atoms with Gasteiger partial charge in [-0.2, -0.15) is 8.78 Å². The van der Waals surface area contributed by atoms with Crippen molar-refractivity contribution >= 4 is 33.7 Å². The van der Waals surface area contributed by atoms with Gasteiger partial charge in [0.1, 0.15) is 10.6 Å². The Morgan fingerprint density at radius 2 is 2.18 bits per heavy atom. The summed E-state index contributed by atoms with van der Waals surface area (Å²) in [6, 6.07) is 8.21. The summed E-state index contributed by atoms with van der Waals surface area (Å²) >= 11 is 1.01. The summed E-state index contributed by atoms with van der Waals surface area (Å²) in [6.07, 6.45) is 1.59. The zero-order valence-electron chi connectivity index (χ0n) is 11.5. The molecule has 2 aromatic rings. The normalized spacial score (nSPS) is 12.2. The fraction of sp³-hybridized carbons (Fsp3) is 0.214. The zero-order chi connectivity index (χ0) is 16.1. The molecule has 0 aliphatic heterocycles. The van der Waals surface area contributed by atoms with E-state index in [2.05, 4.69) is 10.1 Å². The van der Waals surface area contributed by atoms with Crippen LogP contribution in [0.5, 0.6) is 5.75 Å². The SMILES string of the molecule is CS(=O)Cc1cccc(NC(=O)c2sccc2OC(F)F)c1. The first kappa shape index (κ1) is 16.6. The predicted octanol–water partition coefficient (Wildman–Crippen LogP) is 3.48. The van der Waals surface area contributed by atoms with Crippen LogP contribution in [0.2, 0.25) is 0 Å². The van der Waals surface area contributed by atoms with E-state index in [9.17, 15) is 17.8 Å². The first-order chi connectivity index (χ1) is 10.5. The van der Waals surface area contributed by atoms with E-state index >= 15 is 0 Å². The van der Waals surface area contributed by atoms with Gasteiger partial charge in [0.05, 0.1) is 0 Å². The largest absolute Gasteiger partial charge is 0.433 e. The maximum Gasteiger partial charge on any atom is 0.387 e. The van der Waals surface area contributed by atoms with Crippen molar-refractivity contribution in [2.75, 3.05) is 11.6 Å². The number of thiophene rings is 1. The average Bonchev–Trinajstić information content (AvgIpc) is 2.85. The second-order valence-corrected chi connectivity index (χ2v) is 6.72. The molecule has 1 N–H and O–H groups in total. The number of hydrogen-bond acceptors (Lipinski definition) is 4. The number of hydrogen-bond donors (Lipinski definition) is 1. The number of nitrogens with one attached hydrogen (secondary N) is 1. The summed E-state index contributed by atoms with van der Waals surface area (Å²) in [5, 5.41) is 4.12. The molecule has 0 radical (unpaired) electrons. The lowest BCUT2D eigenvalue weighted by molar-refractivity contribution is -0.0498. The molecule has 0 saturated carbocycles. The predicted molar refractivity (Wildman–Crippen MR) is 83.1 cm³/mol. The van der Waals surface area contributed by atoms with Crippen molar-refractivity contribution in [3.05, 3.63) is 46.2 Å². The number of amides is 1. The lowest BCUT2D eigenvalue weighted by atomic mass is 10.2. The van der Waals surface area contributed by atoms with Gasteiger partial charge in [-0.05, 0) is 29.1 Å². The topological polar surface area (TPSA) is 55.4 Å². The third kappa shape index (κ3) is 4.60. The fourth-order valence-electron chi connectivity index (χ4n) is 1.81. The van der Waals surface area contributed by atoms with Gasteiger partial charge >= 0.3 is 6.61 Å². The molecular weight excluding hydrogens is 332 g/mol. The van der Waals surface area contributed by atoms with Crippen LogP contribution < -0.4 is 10.1 Å². The number of halogens is 2. The second kappa shape index (κ2) is 7.46. The van der Waals surface area contributed by atoms with Gasteiger partial charge in [0.15, 0.2) is 0 Å². The molecule has 1 aromatic heterocycles. The van der Waals surface area contributed by atoms with Gasteiger partial charge in [-0.25, -0.2) is 0 Å². The number of anilines is 1. The molecule has 4 nitrogen and oxygen atoms in total. The van der Waals surface area contributed by atoms with Gasteiger partial charge in [-0.1, -0.05) is 12.1 Å². The molecule has 2 rings (SSSR count). The highest BCUT2D eigenvalue weighted by molar-refractivity contribution is 7.83. The van der Waals surface area contributed by atoms with E-state index in [4.69, 9.17) is 0 Å². The summed E-state index contributed by atoms with van der Waals surface area (Å²) in [6.45, 7) is -2.98. The van der Waals surface area contributed by atoms with Gasteiger partial charge in [0, 0.05) is 28.5 Å². The second-order valence-electron chi connectivity index (χ2n) is 4.36. The van der Waals surface area contributed by atoms with Gasteiger partial charge in [0.2, 0.25) is 0 Å². The molecule has 1 unspecified atom stereocenters. The van der Waals surface area contributed by atoms with E-state index < -0.39 is 23.3 Å². The van der Waals surface area contributed by atoms with Crippen LogP contribution in [0.15, 0.2) is 35.7 Å². The van der Waals surface area contributed by atoms with Crippen LogP contribution in [0.25, 0.3) is 0 Å². The minimum absolute atomic E-state index is 0.0739. The monoisotopic (exact) mass is 345 g/mol. The van der Waals surface area contributed by atoms with Crippen LogP contribution in [0.3, 0.4) is 0 Å². The lowest BCUT2D eigenvalue weighted by Crippen LogP contribution is -2.13. The Balaban J connectivity index is 2.12. The minimum atomic E-state index is -2.98. The molecule has 0 fully saturated rings. The first-order valence-electron chi connectivity index (χ1n) is 6.18. The Morgan fingerprint density at radius 1 is 1.41 bits per heavy atom. The van der Waals surface area contributed by atoms with Crippen LogP contribution in [-0.4, -0.2) is 23.0 Å². The smallest absolute Gasteiger partial charge is 0.387 e. The van der Waals surface area contributed by atoms with Gasteiger partial charge in [-0.3, -0.25) is 9.00 Å². The Hall–Kier alpha value is -1.80. The van der Waals surface area contributed by atoms with Crippen molar-refractivity contribution in [1.82, 2.24) is 0 Å². The van der Waals surface area contributed by atoms with E-state index in [0.717, 1.165) is 16.9 Å².